The van der Waals surface area contributed by atoms with Crippen LogP contribution < -0.4 is 5.73 Å². The maximum atomic E-state index is 5.81. The van der Waals surface area contributed by atoms with Crippen LogP contribution >= 0.6 is 11.3 Å². The molecule has 3 heteroatoms. The Morgan fingerprint density at radius 1 is 1.47 bits per heavy atom. The Hall–Kier alpha value is -0.380. The van der Waals surface area contributed by atoms with Gasteiger partial charge in [0.05, 0.1) is 0 Å². The van der Waals surface area contributed by atoms with Crippen molar-refractivity contribution in [1.29, 1.82) is 0 Å². The highest BCUT2D eigenvalue weighted by atomic mass is 32.1. The van der Waals surface area contributed by atoms with E-state index in [1.54, 1.807) is 11.3 Å². The van der Waals surface area contributed by atoms with E-state index in [9.17, 15) is 0 Å². The Bertz CT molecular complexity index is 283. The molecule has 1 atom stereocenters. The van der Waals surface area contributed by atoms with Gasteiger partial charge in [0.1, 0.15) is 6.10 Å². The Morgan fingerprint density at radius 2 is 2.20 bits per heavy atom. The number of thiophene rings is 1. The first-order chi connectivity index (χ1) is 7.15. The lowest BCUT2D eigenvalue weighted by Crippen LogP contribution is -2.16. The van der Waals surface area contributed by atoms with Gasteiger partial charge in [0.25, 0.3) is 0 Å². The molecule has 1 heterocycles. The molecule has 2 N–H and O–H groups in total. The van der Waals surface area contributed by atoms with E-state index >= 15 is 0 Å². The Kier molecular flexibility index (Phi) is 5.29. The molecule has 15 heavy (non-hydrogen) atoms. The maximum absolute atomic E-state index is 5.81. The van der Waals surface area contributed by atoms with Gasteiger partial charge >= 0.3 is 0 Å². The van der Waals surface area contributed by atoms with E-state index in [2.05, 4.69) is 32.2 Å². The van der Waals surface area contributed by atoms with Gasteiger partial charge in [-0.3, -0.25) is 0 Å². The molecular weight excluding hydrogens is 206 g/mol. The number of ether oxygens (including phenoxy) is 1. The number of rotatable bonds is 6. The molecule has 0 aromatic carbocycles. The topological polar surface area (TPSA) is 35.2 Å². The van der Waals surface area contributed by atoms with Crippen LogP contribution in [0.3, 0.4) is 0 Å². The minimum Gasteiger partial charge on any atom is -0.371 e. The molecule has 0 bridgehead atoms. The molecule has 0 aliphatic carbocycles. The monoisotopic (exact) mass is 227 g/mol. The highest BCUT2D eigenvalue weighted by molar-refractivity contribution is 7.10. The zero-order valence-corrected chi connectivity index (χ0v) is 10.6. The van der Waals surface area contributed by atoms with Crippen LogP contribution in [-0.4, -0.2) is 13.2 Å². The van der Waals surface area contributed by atoms with Crippen molar-refractivity contribution < 1.29 is 4.74 Å². The van der Waals surface area contributed by atoms with Gasteiger partial charge in [-0.1, -0.05) is 13.8 Å². The SMILES string of the molecule is Cc1ccsc1C(CN)OCCC(C)C. The zero-order chi connectivity index (χ0) is 11.3. The fraction of sp³-hybridized carbons (Fsp3) is 0.667. The molecule has 0 radical (unpaired) electrons. The van der Waals surface area contributed by atoms with Gasteiger partial charge in [-0.2, -0.15) is 0 Å². The average molecular weight is 227 g/mol. The summed E-state index contributed by atoms with van der Waals surface area (Å²) in [5, 5.41) is 2.10. The third kappa shape index (κ3) is 3.93. The fourth-order valence-corrected chi connectivity index (χ4v) is 2.40. The summed E-state index contributed by atoms with van der Waals surface area (Å²) < 4.78 is 5.81. The minimum absolute atomic E-state index is 0.0868. The molecule has 1 rings (SSSR count). The summed E-state index contributed by atoms with van der Waals surface area (Å²) in [6.45, 7) is 7.89. The van der Waals surface area contributed by atoms with E-state index in [-0.39, 0.29) is 6.10 Å². The van der Waals surface area contributed by atoms with Gasteiger partial charge in [0, 0.05) is 18.0 Å². The third-order valence-electron chi connectivity index (χ3n) is 2.42. The van der Waals surface area contributed by atoms with Crippen molar-refractivity contribution in [2.45, 2.75) is 33.3 Å². The summed E-state index contributed by atoms with van der Waals surface area (Å²) >= 11 is 1.74. The molecule has 1 unspecified atom stereocenters. The summed E-state index contributed by atoms with van der Waals surface area (Å²) in [5.41, 5.74) is 7.02. The molecule has 0 spiro atoms. The fourth-order valence-electron chi connectivity index (χ4n) is 1.41. The molecule has 0 fully saturated rings. The maximum Gasteiger partial charge on any atom is 0.104 e. The molecule has 0 amide bonds. The van der Waals surface area contributed by atoms with Gasteiger partial charge in [0.15, 0.2) is 0 Å². The lowest BCUT2D eigenvalue weighted by atomic mass is 10.1. The summed E-state index contributed by atoms with van der Waals surface area (Å²) in [4.78, 5) is 1.28. The molecule has 0 saturated heterocycles. The van der Waals surface area contributed by atoms with Crippen molar-refractivity contribution in [3.05, 3.63) is 21.9 Å². The van der Waals surface area contributed by atoms with Crippen molar-refractivity contribution in [2.75, 3.05) is 13.2 Å². The molecular formula is C12H21NOS. The minimum atomic E-state index is 0.0868. The molecule has 0 saturated carbocycles. The van der Waals surface area contributed by atoms with Crippen LogP contribution in [0.5, 0.6) is 0 Å². The first-order valence-corrected chi connectivity index (χ1v) is 6.38. The zero-order valence-electron chi connectivity index (χ0n) is 9.82. The highest BCUT2D eigenvalue weighted by Crippen LogP contribution is 2.26. The van der Waals surface area contributed by atoms with Crippen molar-refractivity contribution in [3.8, 4) is 0 Å². The number of nitrogens with two attached hydrogens (primary N) is 1. The summed E-state index contributed by atoms with van der Waals surface area (Å²) in [5.74, 6) is 0.688. The predicted molar refractivity (Wildman–Crippen MR) is 66.3 cm³/mol. The van der Waals surface area contributed by atoms with E-state index in [0.717, 1.165) is 13.0 Å². The second kappa shape index (κ2) is 6.26. The van der Waals surface area contributed by atoms with Gasteiger partial charge < -0.3 is 10.5 Å². The summed E-state index contributed by atoms with van der Waals surface area (Å²) in [7, 11) is 0. The van der Waals surface area contributed by atoms with E-state index in [1.807, 2.05) is 0 Å². The second-order valence-corrected chi connectivity index (χ2v) is 5.19. The second-order valence-electron chi connectivity index (χ2n) is 4.25. The van der Waals surface area contributed by atoms with Crippen molar-refractivity contribution in [2.24, 2.45) is 11.7 Å². The Morgan fingerprint density at radius 3 is 2.67 bits per heavy atom. The number of hydrogen-bond acceptors (Lipinski definition) is 3. The van der Waals surface area contributed by atoms with Gasteiger partial charge in [-0.05, 0) is 36.3 Å². The van der Waals surface area contributed by atoms with Gasteiger partial charge in [-0.15, -0.1) is 11.3 Å². The largest absolute Gasteiger partial charge is 0.371 e. The van der Waals surface area contributed by atoms with Crippen LogP contribution in [0.2, 0.25) is 0 Å². The van der Waals surface area contributed by atoms with E-state index in [0.29, 0.717) is 12.5 Å². The number of hydrogen-bond donors (Lipinski definition) is 1. The lowest BCUT2D eigenvalue weighted by Gasteiger charge is -2.16. The van der Waals surface area contributed by atoms with E-state index in [1.165, 1.54) is 10.4 Å². The molecule has 0 aliphatic heterocycles. The van der Waals surface area contributed by atoms with Crippen LogP contribution in [0.15, 0.2) is 11.4 Å². The smallest absolute Gasteiger partial charge is 0.104 e. The Balaban J connectivity index is 2.46. The van der Waals surface area contributed by atoms with Crippen LogP contribution in [-0.2, 0) is 4.74 Å². The lowest BCUT2D eigenvalue weighted by molar-refractivity contribution is 0.0535. The third-order valence-corrected chi connectivity index (χ3v) is 3.53. The number of aryl methyl sites for hydroxylation is 1. The average Bonchev–Trinajstić information content (AvgIpc) is 2.59. The molecule has 2 nitrogen and oxygen atoms in total. The van der Waals surface area contributed by atoms with Crippen molar-refractivity contribution >= 4 is 11.3 Å². The van der Waals surface area contributed by atoms with Crippen LogP contribution in [0, 0.1) is 12.8 Å². The van der Waals surface area contributed by atoms with Crippen molar-refractivity contribution in [1.82, 2.24) is 0 Å². The molecule has 1 aromatic rings. The van der Waals surface area contributed by atoms with E-state index in [4.69, 9.17) is 10.5 Å². The molecule has 1 aromatic heterocycles. The van der Waals surface area contributed by atoms with Crippen LogP contribution in [0.25, 0.3) is 0 Å². The quantitative estimate of drug-likeness (QED) is 0.810. The van der Waals surface area contributed by atoms with Gasteiger partial charge in [0.2, 0.25) is 0 Å². The predicted octanol–water partition coefficient (Wildman–Crippen LogP) is 3.12. The normalized spacial score (nSPS) is 13.4. The Labute approximate surface area is 96.4 Å². The van der Waals surface area contributed by atoms with Crippen LogP contribution in [0.4, 0.5) is 0 Å². The highest BCUT2D eigenvalue weighted by Gasteiger charge is 2.13. The van der Waals surface area contributed by atoms with Crippen molar-refractivity contribution in [3.63, 3.8) is 0 Å². The van der Waals surface area contributed by atoms with E-state index < -0.39 is 0 Å². The van der Waals surface area contributed by atoms with Gasteiger partial charge in [-0.25, -0.2) is 0 Å². The first kappa shape index (κ1) is 12.7. The first-order valence-electron chi connectivity index (χ1n) is 5.50. The summed E-state index contributed by atoms with van der Waals surface area (Å²) in [6, 6.07) is 2.12. The molecule has 86 valence electrons. The molecule has 0 aliphatic rings. The standard InChI is InChI=1S/C12H21NOS/c1-9(2)4-6-14-11(8-13)12-10(3)5-7-15-12/h5,7,9,11H,4,6,8,13H2,1-3H3. The van der Waals surface area contributed by atoms with Crippen LogP contribution in [0.1, 0.15) is 36.8 Å². The summed E-state index contributed by atoms with van der Waals surface area (Å²) in [6.07, 6.45) is 1.18.